The molecule has 0 saturated carbocycles. The maximum atomic E-state index is 12.8. The van der Waals surface area contributed by atoms with Crippen molar-refractivity contribution in [2.75, 3.05) is 19.8 Å². The number of aliphatic hydroxyl groups excluding tert-OH is 2. The Balaban J connectivity index is 2.06. The molecule has 1 aliphatic heterocycles. The van der Waals surface area contributed by atoms with Gasteiger partial charge in [0, 0.05) is 23.7 Å². The standard InChI is InChI=1S/C23H24ClNO5/c1-2-13-30-18-9-7-15(8-10-18)21(27)19-20(16-5-3-6-17(24)14-16)25(11-4-12-26)23(29)22(19)28/h3,5-10,14,20,26-27H,2,4,11-13H2,1H3/b21-19-. The summed E-state index contributed by atoms with van der Waals surface area (Å²) in [6.45, 7) is 2.64. The number of aliphatic hydroxyl groups is 2. The summed E-state index contributed by atoms with van der Waals surface area (Å²) in [7, 11) is 0. The minimum Gasteiger partial charge on any atom is -0.507 e. The largest absolute Gasteiger partial charge is 0.507 e. The zero-order valence-electron chi connectivity index (χ0n) is 16.7. The summed E-state index contributed by atoms with van der Waals surface area (Å²) in [5.41, 5.74) is 1.03. The first-order valence-corrected chi connectivity index (χ1v) is 10.2. The van der Waals surface area contributed by atoms with Gasteiger partial charge in [0.05, 0.1) is 18.2 Å². The number of halogens is 1. The number of carbonyl (C=O) groups is 2. The number of hydrogen-bond donors (Lipinski definition) is 2. The highest BCUT2D eigenvalue weighted by molar-refractivity contribution is 6.46. The fourth-order valence-corrected chi connectivity index (χ4v) is 3.66. The highest BCUT2D eigenvalue weighted by Gasteiger charge is 2.45. The lowest BCUT2D eigenvalue weighted by Crippen LogP contribution is -2.31. The van der Waals surface area contributed by atoms with Crippen LogP contribution < -0.4 is 4.74 Å². The molecule has 2 aromatic rings. The lowest BCUT2D eigenvalue weighted by molar-refractivity contribution is -0.140. The van der Waals surface area contributed by atoms with E-state index in [0.29, 0.717) is 34.9 Å². The number of hydrogen-bond acceptors (Lipinski definition) is 5. The Morgan fingerprint density at radius 1 is 1.17 bits per heavy atom. The molecule has 1 saturated heterocycles. The number of carbonyl (C=O) groups excluding carboxylic acids is 2. The first-order valence-electron chi connectivity index (χ1n) is 9.86. The minimum atomic E-state index is -0.786. The van der Waals surface area contributed by atoms with Crippen LogP contribution in [0.5, 0.6) is 5.75 Å². The van der Waals surface area contributed by atoms with Gasteiger partial charge in [-0.25, -0.2) is 0 Å². The molecule has 2 N–H and O–H groups in total. The van der Waals surface area contributed by atoms with Gasteiger partial charge in [0.1, 0.15) is 11.5 Å². The molecule has 6 nitrogen and oxygen atoms in total. The van der Waals surface area contributed by atoms with Crippen molar-refractivity contribution in [1.82, 2.24) is 4.90 Å². The van der Waals surface area contributed by atoms with Crippen molar-refractivity contribution >= 4 is 29.1 Å². The van der Waals surface area contributed by atoms with Crippen LogP contribution in [0.3, 0.4) is 0 Å². The van der Waals surface area contributed by atoms with Crippen LogP contribution in [0.1, 0.15) is 36.9 Å². The fraction of sp³-hybridized carbons (Fsp3) is 0.304. The molecule has 0 bridgehead atoms. The Bertz CT molecular complexity index is 954. The third kappa shape index (κ3) is 4.50. The van der Waals surface area contributed by atoms with Crippen LogP contribution in [0.25, 0.3) is 5.76 Å². The number of benzene rings is 2. The Morgan fingerprint density at radius 3 is 2.53 bits per heavy atom. The summed E-state index contributed by atoms with van der Waals surface area (Å²) in [4.78, 5) is 26.9. The summed E-state index contributed by atoms with van der Waals surface area (Å²) in [5.74, 6) is -1.07. The van der Waals surface area contributed by atoms with Gasteiger partial charge in [-0.05, 0) is 54.8 Å². The molecule has 1 heterocycles. The van der Waals surface area contributed by atoms with E-state index in [0.717, 1.165) is 6.42 Å². The molecule has 158 valence electrons. The second-order valence-electron chi connectivity index (χ2n) is 7.00. The lowest BCUT2D eigenvalue weighted by Gasteiger charge is -2.25. The SMILES string of the molecule is CCCOc1ccc(/C(O)=C2/C(=O)C(=O)N(CCCO)C2c2cccc(Cl)c2)cc1. The molecule has 0 aliphatic carbocycles. The average Bonchev–Trinajstić information content (AvgIpc) is 3.01. The molecule has 1 unspecified atom stereocenters. The number of ketones is 1. The zero-order valence-corrected chi connectivity index (χ0v) is 17.4. The summed E-state index contributed by atoms with van der Waals surface area (Å²) >= 11 is 6.13. The molecule has 1 fully saturated rings. The van der Waals surface area contributed by atoms with E-state index in [4.69, 9.17) is 16.3 Å². The normalized spacial score (nSPS) is 18.1. The van der Waals surface area contributed by atoms with Crippen molar-refractivity contribution in [1.29, 1.82) is 0 Å². The monoisotopic (exact) mass is 429 g/mol. The van der Waals surface area contributed by atoms with Crippen LogP contribution in [0.2, 0.25) is 5.02 Å². The van der Waals surface area contributed by atoms with Gasteiger partial charge in [-0.15, -0.1) is 0 Å². The van der Waals surface area contributed by atoms with Crippen molar-refractivity contribution in [3.05, 3.63) is 70.3 Å². The molecule has 0 aromatic heterocycles. The molecular formula is C23H24ClNO5. The highest BCUT2D eigenvalue weighted by Crippen LogP contribution is 2.40. The Morgan fingerprint density at radius 2 is 1.90 bits per heavy atom. The molecule has 7 heteroatoms. The Hall–Kier alpha value is -2.83. The highest BCUT2D eigenvalue weighted by atomic mass is 35.5. The quantitative estimate of drug-likeness (QED) is 0.377. The molecule has 1 aliphatic rings. The van der Waals surface area contributed by atoms with E-state index in [-0.39, 0.29) is 24.5 Å². The molecular weight excluding hydrogens is 406 g/mol. The predicted octanol–water partition coefficient (Wildman–Crippen LogP) is 3.93. The first-order chi connectivity index (χ1) is 14.5. The number of likely N-dealkylation sites (tertiary alicyclic amines) is 1. The predicted molar refractivity (Wildman–Crippen MR) is 114 cm³/mol. The summed E-state index contributed by atoms with van der Waals surface area (Å²) in [5, 5.41) is 20.6. The molecule has 0 spiro atoms. The van der Waals surface area contributed by atoms with Crippen molar-refractivity contribution in [2.24, 2.45) is 0 Å². The van der Waals surface area contributed by atoms with Crippen molar-refractivity contribution in [2.45, 2.75) is 25.8 Å². The number of Topliss-reactive ketones (excluding diaryl/α,β-unsaturated/α-hetero) is 1. The van der Waals surface area contributed by atoms with E-state index in [9.17, 15) is 19.8 Å². The van der Waals surface area contributed by atoms with E-state index < -0.39 is 17.7 Å². The Kier molecular flexibility index (Phi) is 7.13. The minimum absolute atomic E-state index is 0.00225. The zero-order chi connectivity index (χ0) is 21.7. The molecule has 0 radical (unpaired) electrons. The van der Waals surface area contributed by atoms with Gasteiger partial charge in [0.15, 0.2) is 0 Å². The third-order valence-electron chi connectivity index (χ3n) is 4.86. The number of nitrogens with zero attached hydrogens (tertiary/aromatic N) is 1. The van der Waals surface area contributed by atoms with Crippen molar-refractivity contribution < 1.29 is 24.5 Å². The number of rotatable bonds is 8. The summed E-state index contributed by atoms with van der Waals surface area (Å²) < 4.78 is 5.55. The molecule has 30 heavy (non-hydrogen) atoms. The first kappa shape index (κ1) is 21.9. The van der Waals surface area contributed by atoms with Crippen LogP contribution in [-0.2, 0) is 9.59 Å². The summed E-state index contributed by atoms with van der Waals surface area (Å²) in [6.07, 6.45) is 1.19. The van der Waals surface area contributed by atoms with Gasteiger partial charge in [0.25, 0.3) is 11.7 Å². The van der Waals surface area contributed by atoms with E-state index >= 15 is 0 Å². The Labute approximate surface area is 180 Å². The molecule has 3 rings (SSSR count). The lowest BCUT2D eigenvalue weighted by atomic mass is 9.95. The van der Waals surface area contributed by atoms with E-state index in [1.165, 1.54) is 4.90 Å². The second-order valence-corrected chi connectivity index (χ2v) is 7.43. The van der Waals surface area contributed by atoms with Crippen LogP contribution in [-0.4, -0.2) is 46.6 Å². The maximum absolute atomic E-state index is 12.8. The van der Waals surface area contributed by atoms with Crippen LogP contribution in [0, 0.1) is 0 Å². The van der Waals surface area contributed by atoms with E-state index in [1.54, 1.807) is 48.5 Å². The molecule has 2 aromatic carbocycles. The maximum Gasteiger partial charge on any atom is 0.295 e. The van der Waals surface area contributed by atoms with Gasteiger partial charge in [-0.2, -0.15) is 0 Å². The van der Waals surface area contributed by atoms with Crippen molar-refractivity contribution in [3.8, 4) is 5.75 Å². The van der Waals surface area contributed by atoms with Crippen LogP contribution in [0.15, 0.2) is 54.1 Å². The van der Waals surface area contributed by atoms with Gasteiger partial charge >= 0.3 is 0 Å². The average molecular weight is 430 g/mol. The van der Waals surface area contributed by atoms with E-state index in [1.807, 2.05) is 6.92 Å². The topological polar surface area (TPSA) is 87.1 Å². The van der Waals surface area contributed by atoms with Crippen LogP contribution in [0.4, 0.5) is 0 Å². The third-order valence-corrected chi connectivity index (χ3v) is 5.10. The van der Waals surface area contributed by atoms with Gasteiger partial charge in [-0.1, -0.05) is 30.7 Å². The smallest absolute Gasteiger partial charge is 0.295 e. The van der Waals surface area contributed by atoms with Crippen LogP contribution >= 0.6 is 11.6 Å². The summed E-state index contributed by atoms with van der Waals surface area (Å²) in [6, 6.07) is 12.8. The van der Waals surface area contributed by atoms with Gasteiger partial charge in [-0.3, -0.25) is 9.59 Å². The molecule has 1 amide bonds. The van der Waals surface area contributed by atoms with Gasteiger partial charge < -0.3 is 19.8 Å². The number of ether oxygens (including phenoxy) is 1. The van der Waals surface area contributed by atoms with Gasteiger partial charge in [0.2, 0.25) is 0 Å². The van der Waals surface area contributed by atoms with Crippen molar-refractivity contribution in [3.63, 3.8) is 0 Å². The molecule has 1 atom stereocenters. The fourth-order valence-electron chi connectivity index (χ4n) is 3.46. The second kappa shape index (κ2) is 9.78. The van der Waals surface area contributed by atoms with E-state index in [2.05, 4.69) is 0 Å². The number of amides is 1.